The second kappa shape index (κ2) is 14.0. The predicted molar refractivity (Wildman–Crippen MR) is 186 cm³/mol. The molecule has 0 aliphatic heterocycles. The van der Waals surface area contributed by atoms with E-state index in [0.29, 0.717) is 33.2 Å². The van der Waals surface area contributed by atoms with Crippen molar-refractivity contribution in [2.75, 3.05) is 11.5 Å². The zero-order valence-corrected chi connectivity index (χ0v) is 28.0. The maximum Gasteiger partial charge on any atom is 0.321 e. The standard InChI is InChI=1S/2C17H19N3OS.H2O/c2*1-10-8-14(18)13(12(3)11(10)2)9-22(21)17-19-15-6-4-5-7-16(15)20-17;/h2*4-8H,9,18H2,1-3H3,(H,19,20);1H2. The fourth-order valence-electron chi connectivity index (χ4n) is 5.19. The molecule has 0 radical (unpaired) electrons. The molecule has 0 aliphatic rings. The van der Waals surface area contributed by atoms with Crippen LogP contribution in [-0.2, 0) is 33.9 Å². The van der Waals surface area contributed by atoms with Crippen LogP contribution in [0, 0.1) is 41.5 Å². The minimum atomic E-state index is -1.25. The number of nitrogens with two attached hydrogens (primary N) is 2. The van der Waals surface area contributed by atoms with E-state index in [1.807, 2.05) is 88.4 Å². The van der Waals surface area contributed by atoms with Crippen molar-refractivity contribution in [2.24, 2.45) is 0 Å². The summed E-state index contributed by atoms with van der Waals surface area (Å²) >= 11 is -2.50. The molecule has 45 heavy (non-hydrogen) atoms. The number of para-hydroxylation sites is 4. The molecule has 0 amide bonds. The third-order valence-corrected chi connectivity index (χ3v) is 10.7. The number of nitrogen functional groups attached to an aromatic ring is 2. The number of aromatic nitrogens is 4. The second-order valence-corrected chi connectivity index (χ2v) is 13.9. The summed E-state index contributed by atoms with van der Waals surface area (Å²) in [6.07, 6.45) is 0. The molecule has 0 saturated heterocycles. The molecule has 0 saturated carbocycles. The van der Waals surface area contributed by atoms with Gasteiger partial charge in [0.2, 0.25) is 0 Å². The molecule has 6 rings (SSSR count). The first-order valence-electron chi connectivity index (χ1n) is 14.3. The number of nitrogens with zero attached hydrogens (tertiary/aromatic N) is 2. The Hall–Kier alpha value is -4.00. The lowest BCUT2D eigenvalue weighted by Crippen LogP contribution is -2.11. The average Bonchev–Trinajstić information content (AvgIpc) is 3.64. The number of H-pyrrole nitrogens is 2. The van der Waals surface area contributed by atoms with E-state index in [9.17, 15) is 9.11 Å². The highest BCUT2D eigenvalue weighted by molar-refractivity contribution is 7.90. The van der Waals surface area contributed by atoms with Gasteiger partial charge in [-0.25, -0.2) is 0 Å². The van der Waals surface area contributed by atoms with E-state index in [4.69, 9.17) is 11.5 Å². The van der Waals surface area contributed by atoms with Gasteiger partial charge in [-0.2, -0.15) is 9.97 Å². The predicted octanol–water partition coefficient (Wildman–Crippen LogP) is 5.93. The van der Waals surface area contributed by atoms with Gasteiger partial charge in [-0.05, 0) is 111 Å². The zero-order valence-electron chi connectivity index (χ0n) is 26.4. The van der Waals surface area contributed by atoms with Gasteiger partial charge in [-0.3, -0.25) is 9.97 Å². The van der Waals surface area contributed by atoms with Gasteiger partial charge in [0.1, 0.15) is 11.5 Å². The van der Waals surface area contributed by atoms with Crippen LogP contribution in [0.2, 0.25) is 0 Å². The van der Waals surface area contributed by atoms with Crippen molar-refractivity contribution in [3.05, 3.63) is 105 Å². The molecule has 0 aliphatic carbocycles. The Morgan fingerprint density at radius 1 is 0.600 bits per heavy atom. The summed E-state index contributed by atoms with van der Waals surface area (Å²) in [6, 6.07) is 19.3. The van der Waals surface area contributed by atoms with Crippen molar-refractivity contribution in [1.82, 2.24) is 19.9 Å². The normalized spacial score (nSPS) is 12.4. The maximum atomic E-state index is 12.6. The van der Waals surface area contributed by atoms with E-state index in [-0.39, 0.29) is 5.48 Å². The Kier molecular flexibility index (Phi) is 10.5. The molecule has 0 bridgehead atoms. The molecule has 9 nitrogen and oxygen atoms in total. The summed E-state index contributed by atoms with van der Waals surface area (Å²) < 4.78 is 25.3. The molecular formula is C34H40N6O3S2. The number of nitrogens with one attached hydrogen (secondary N) is 2. The van der Waals surface area contributed by atoms with Gasteiger partial charge < -0.3 is 26.0 Å². The number of imidazole rings is 2. The molecule has 8 N–H and O–H groups in total. The lowest BCUT2D eigenvalue weighted by Gasteiger charge is -2.15. The fourth-order valence-corrected chi connectivity index (χ4v) is 7.60. The number of aryl methyl sites for hydroxylation is 2. The van der Waals surface area contributed by atoms with E-state index in [2.05, 4.69) is 33.8 Å². The van der Waals surface area contributed by atoms with Crippen LogP contribution in [-0.4, -0.2) is 34.5 Å². The lowest BCUT2D eigenvalue weighted by atomic mass is 9.98. The minimum absolute atomic E-state index is 0. The first kappa shape index (κ1) is 33.9. The van der Waals surface area contributed by atoms with Gasteiger partial charge in [0.25, 0.3) is 0 Å². The maximum absolute atomic E-state index is 12.6. The lowest BCUT2D eigenvalue weighted by molar-refractivity contribution is 0.586. The highest BCUT2D eigenvalue weighted by Gasteiger charge is 2.22. The molecule has 2 aromatic heterocycles. The van der Waals surface area contributed by atoms with Crippen molar-refractivity contribution in [3.8, 4) is 0 Å². The van der Waals surface area contributed by atoms with E-state index in [1.54, 1.807) is 0 Å². The second-order valence-electron chi connectivity index (χ2n) is 11.1. The van der Waals surface area contributed by atoms with E-state index < -0.39 is 22.4 Å². The van der Waals surface area contributed by atoms with Crippen LogP contribution in [0.3, 0.4) is 0 Å². The van der Waals surface area contributed by atoms with Crippen LogP contribution in [0.15, 0.2) is 71.0 Å². The Morgan fingerprint density at radius 2 is 0.956 bits per heavy atom. The molecule has 4 aromatic carbocycles. The average molecular weight is 645 g/mol. The Morgan fingerprint density at radius 3 is 1.31 bits per heavy atom. The zero-order chi connectivity index (χ0) is 31.7. The van der Waals surface area contributed by atoms with Gasteiger partial charge >= 0.3 is 10.3 Å². The summed E-state index contributed by atoms with van der Waals surface area (Å²) in [6.45, 7) is 12.3. The molecule has 236 valence electrons. The molecule has 2 unspecified atom stereocenters. The minimum Gasteiger partial charge on any atom is -0.609 e. The summed E-state index contributed by atoms with van der Waals surface area (Å²) in [7, 11) is 0. The van der Waals surface area contributed by atoms with Crippen molar-refractivity contribution in [1.29, 1.82) is 0 Å². The third kappa shape index (κ3) is 7.13. The summed E-state index contributed by atoms with van der Waals surface area (Å²) in [5, 5.41) is 0.997. The number of anilines is 2. The molecule has 2 heterocycles. The first-order chi connectivity index (χ1) is 20.9. The van der Waals surface area contributed by atoms with Crippen LogP contribution in [0.5, 0.6) is 0 Å². The fraction of sp³-hybridized carbons (Fsp3) is 0.235. The number of fused-ring (bicyclic) bond motifs is 2. The van der Waals surface area contributed by atoms with Crippen LogP contribution in [0.1, 0.15) is 44.5 Å². The Balaban J connectivity index is 0.000000200. The summed E-state index contributed by atoms with van der Waals surface area (Å²) in [5.74, 6) is 0.747. The molecule has 11 heteroatoms. The topological polar surface area (TPSA) is 187 Å². The van der Waals surface area contributed by atoms with Crippen molar-refractivity contribution >= 4 is 55.8 Å². The number of benzene rings is 4. The highest BCUT2D eigenvalue weighted by atomic mass is 32.2. The van der Waals surface area contributed by atoms with Crippen LogP contribution in [0.4, 0.5) is 11.4 Å². The van der Waals surface area contributed by atoms with Gasteiger partial charge in [0.15, 0.2) is 0 Å². The first-order valence-corrected chi connectivity index (χ1v) is 16.9. The number of aromatic amines is 2. The van der Waals surface area contributed by atoms with Gasteiger partial charge in [0.05, 0.1) is 22.1 Å². The SMILES string of the molecule is Cc1cc(N)c(C[S+]([O-])c2nc3ccccc3[nH]2)c(C)c1C.Cc1cc(N)c(C[S+]([O-])c2nc3ccccc3[nH]2)c(C)c1C.O. The largest absolute Gasteiger partial charge is 0.609 e. The van der Waals surface area contributed by atoms with Crippen LogP contribution >= 0.6 is 0 Å². The number of hydrogen-bond donors (Lipinski definition) is 4. The number of hydrogen-bond acceptors (Lipinski definition) is 6. The molecular weight excluding hydrogens is 605 g/mol. The Bertz CT molecular complexity index is 1760. The van der Waals surface area contributed by atoms with Crippen molar-refractivity contribution in [3.63, 3.8) is 0 Å². The van der Waals surface area contributed by atoms with Crippen LogP contribution < -0.4 is 11.5 Å². The highest BCUT2D eigenvalue weighted by Crippen LogP contribution is 2.29. The van der Waals surface area contributed by atoms with Gasteiger partial charge in [-0.15, -0.1) is 0 Å². The molecule has 0 fully saturated rings. The third-order valence-electron chi connectivity index (χ3n) is 8.37. The number of rotatable bonds is 6. The monoisotopic (exact) mass is 644 g/mol. The molecule has 0 spiro atoms. The van der Waals surface area contributed by atoms with Gasteiger partial charge in [-0.1, -0.05) is 24.3 Å². The van der Waals surface area contributed by atoms with E-state index >= 15 is 0 Å². The van der Waals surface area contributed by atoms with Crippen molar-refractivity contribution in [2.45, 2.75) is 63.4 Å². The molecule has 2 atom stereocenters. The van der Waals surface area contributed by atoms with Crippen molar-refractivity contribution < 1.29 is 14.6 Å². The smallest absolute Gasteiger partial charge is 0.321 e. The van der Waals surface area contributed by atoms with E-state index in [0.717, 1.165) is 55.4 Å². The summed E-state index contributed by atoms with van der Waals surface area (Å²) in [4.78, 5) is 15.1. The van der Waals surface area contributed by atoms with Crippen LogP contribution in [0.25, 0.3) is 22.1 Å². The summed E-state index contributed by atoms with van der Waals surface area (Å²) in [5.41, 5.74) is 25.9. The van der Waals surface area contributed by atoms with E-state index in [1.165, 1.54) is 11.1 Å². The Labute approximate surface area is 269 Å². The quantitative estimate of drug-likeness (QED) is 0.128. The molecule has 6 aromatic rings. The van der Waals surface area contributed by atoms with Gasteiger partial charge in [0, 0.05) is 44.9 Å².